The minimum absolute atomic E-state index is 0. The van der Waals surface area contributed by atoms with E-state index in [1.54, 1.807) is 6.92 Å². The van der Waals surface area contributed by atoms with Gasteiger partial charge < -0.3 is 9.64 Å². The Labute approximate surface area is 61.4 Å². The molecule has 10 heavy (non-hydrogen) atoms. The van der Waals surface area contributed by atoms with Crippen molar-refractivity contribution in [2.24, 2.45) is 5.41 Å². The zero-order valence-corrected chi connectivity index (χ0v) is 6.09. The Balaban J connectivity index is 0.000000605. The summed E-state index contributed by atoms with van der Waals surface area (Å²) >= 11 is 0. The molecule has 2 rings (SSSR count). The van der Waals surface area contributed by atoms with E-state index in [0.717, 1.165) is 26.3 Å². The van der Waals surface area contributed by atoms with Crippen LogP contribution in [0.15, 0.2) is 0 Å². The van der Waals surface area contributed by atoms with E-state index >= 15 is 0 Å². The summed E-state index contributed by atoms with van der Waals surface area (Å²) in [5.41, 5.74) is 0.381. The summed E-state index contributed by atoms with van der Waals surface area (Å²) in [4.78, 5) is 12.6. The van der Waals surface area contributed by atoms with Gasteiger partial charge >= 0.3 is 0 Å². The molecule has 2 aliphatic rings. The minimum atomic E-state index is 0. The van der Waals surface area contributed by atoms with E-state index in [1.807, 2.05) is 4.90 Å². The van der Waals surface area contributed by atoms with E-state index in [0.29, 0.717) is 5.41 Å². The number of rotatable bonds is 0. The summed E-state index contributed by atoms with van der Waals surface area (Å²) in [6, 6.07) is 0. The van der Waals surface area contributed by atoms with Gasteiger partial charge in [-0.25, -0.2) is 0 Å². The molecular formula is C7H13NO2. The van der Waals surface area contributed by atoms with Crippen LogP contribution in [0, 0.1) is 5.41 Å². The smallest absolute Gasteiger partial charge is 0.219 e. The molecule has 2 fully saturated rings. The molecular weight excluding hydrogens is 130 g/mol. The van der Waals surface area contributed by atoms with E-state index in [-0.39, 0.29) is 7.33 Å². The second-order valence-electron chi connectivity index (χ2n) is 3.37. The van der Waals surface area contributed by atoms with Crippen LogP contribution in [0.25, 0.3) is 0 Å². The van der Waals surface area contributed by atoms with Crippen molar-refractivity contribution in [3.8, 4) is 0 Å². The Morgan fingerprint density at radius 3 is 2.50 bits per heavy atom. The van der Waals surface area contributed by atoms with Crippen LogP contribution < -0.4 is 0 Å². The highest BCUT2D eigenvalue weighted by Gasteiger charge is 2.49. The Hall–Kier alpha value is -0.570. The molecule has 2 heterocycles. The maximum Gasteiger partial charge on any atom is 0.219 e. The van der Waals surface area contributed by atoms with Crippen molar-refractivity contribution in [3.05, 3.63) is 0 Å². The summed E-state index contributed by atoms with van der Waals surface area (Å²) in [5.74, 6) is 0.192. The Kier molecular flexibility index (Phi) is 1.06. The third-order valence-electron chi connectivity index (χ3n) is 2.31. The molecule has 0 N–H and O–H groups in total. The number of carbonyl (C=O) groups excluding carboxylic acids is 1. The molecule has 0 saturated carbocycles. The number of carbonyl (C=O) groups is 1. The summed E-state index contributed by atoms with van der Waals surface area (Å²) in [6.07, 6.45) is 0. The predicted molar refractivity (Wildman–Crippen MR) is 37.6 cm³/mol. The number of ether oxygens (including phenoxy) is 1. The molecule has 0 aromatic heterocycles. The number of likely N-dealkylation sites (tertiary alicyclic amines) is 1. The molecule has 0 radical (unpaired) electrons. The highest BCUT2D eigenvalue weighted by molar-refractivity contribution is 5.74. The molecule has 0 unspecified atom stereocenters. The van der Waals surface area contributed by atoms with Crippen molar-refractivity contribution in [1.82, 2.24) is 4.90 Å². The normalized spacial score (nSPS) is 27.5. The van der Waals surface area contributed by atoms with Gasteiger partial charge in [-0.1, -0.05) is 0 Å². The zero-order valence-electron chi connectivity index (χ0n) is 6.09. The molecule has 0 atom stereocenters. The highest BCUT2D eigenvalue weighted by Crippen LogP contribution is 2.37. The summed E-state index contributed by atoms with van der Waals surface area (Å²) < 4.78 is 5.07. The summed E-state index contributed by atoms with van der Waals surface area (Å²) in [5, 5.41) is 0. The van der Waals surface area contributed by atoms with Crippen LogP contribution in [-0.2, 0) is 9.53 Å². The topological polar surface area (TPSA) is 29.5 Å². The lowest BCUT2D eigenvalue weighted by molar-refractivity contribution is -0.193. The van der Waals surface area contributed by atoms with Gasteiger partial charge in [0.25, 0.3) is 0 Å². The third kappa shape index (κ3) is 0.669. The quantitative estimate of drug-likeness (QED) is 0.481. The van der Waals surface area contributed by atoms with Gasteiger partial charge in [0.15, 0.2) is 0 Å². The van der Waals surface area contributed by atoms with Gasteiger partial charge in [-0.3, -0.25) is 4.79 Å². The lowest BCUT2D eigenvalue weighted by Gasteiger charge is -2.54. The molecule has 0 aromatic rings. The van der Waals surface area contributed by atoms with Crippen molar-refractivity contribution in [2.45, 2.75) is 6.92 Å². The Morgan fingerprint density at radius 2 is 2.20 bits per heavy atom. The van der Waals surface area contributed by atoms with E-state index < -0.39 is 0 Å². The Morgan fingerprint density at radius 1 is 1.60 bits per heavy atom. The highest BCUT2D eigenvalue weighted by atomic mass is 16.5. The second kappa shape index (κ2) is 1.72. The third-order valence-corrected chi connectivity index (χ3v) is 2.31. The fourth-order valence-corrected chi connectivity index (χ4v) is 1.56. The van der Waals surface area contributed by atoms with E-state index in [9.17, 15) is 4.79 Å². The van der Waals surface area contributed by atoms with E-state index in [4.69, 9.17) is 4.74 Å². The maximum atomic E-state index is 10.7. The lowest BCUT2D eigenvalue weighted by atomic mass is 9.78. The Bertz CT molecular complexity index is 171. The first-order chi connectivity index (χ1) is 4.72. The van der Waals surface area contributed by atoms with E-state index in [2.05, 4.69) is 0 Å². The molecule has 2 saturated heterocycles. The fourth-order valence-electron chi connectivity index (χ4n) is 1.56. The molecule has 0 aliphatic carbocycles. The maximum absolute atomic E-state index is 10.7. The molecule has 3 nitrogen and oxygen atoms in total. The van der Waals surface area contributed by atoms with Gasteiger partial charge in [0.2, 0.25) is 5.91 Å². The number of hydrogen-bond donors (Lipinski definition) is 0. The van der Waals surface area contributed by atoms with Crippen molar-refractivity contribution >= 4 is 5.91 Å². The molecule has 1 amide bonds. The molecule has 3 heteroatoms. The lowest BCUT2D eigenvalue weighted by Crippen LogP contribution is -2.66. The summed E-state index contributed by atoms with van der Waals surface area (Å²) in [7, 11) is 0. The number of nitrogens with zero attached hydrogens (tertiary/aromatic N) is 1. The molecule has 0 aromatic carbocycles. The fraction of sp³-hybridized carbons (Fsp3) is 0.857. The van der Waals surface area contributed by atoms with Crippen LogP contribution in [0.4, 0.5) is 0 Å². The van der Waals surface area contributed by atoms with Gasteiger partial charge in [-0.05, 0) is 0 Å². The van der Waals surface area contributed by atoms with Crippen LogP contribution >= 0.6 is 0 Å². The van der Waals surface area contributed by atoms with Crippen molar-refractivity contribution in [3.63, 3.8) is 0 Å². The van der Waals surface area contributed by atoms with Crippen LogP contribution in [-0.4, -0.2) is 37.1 Å². The standard InChI is InChI=1S/C7H11NO2.H2/c1-6(9)8-2-7(3-8)4-10-5-7;/h2-5H2,1H3;1H. The van der Waals surface area contributed by atoms with Crippen LogP contribution in [0.1, 0.15) is 8.35 Å². The first kappa shape index (κ1) is 6.16. The number of hydrogen-bond acceptors (Lipinski definition) is 2. The molecule has 0 bridgehead atoms. The van der Waals surface area contributed by atoms with Crippen LogP contribution in [0.5, 0.6) is 0 Å². The minimum Gasteiger partial charge on any atom is -0.380 e. The second-order valence-corrected chi connectivity index (χ2v) is 3.37. The first-order valence-corrected chi connectivity index (χ1v) is 3.55. The first-order valence-electron chi connectivity index (χ1n) is 3.55. The number of amides is 1. The monoisotopic (exact) mass is 143 g/mol. The van der Waals surface area contributed by atoms with Gasteiger partial charge in [-0.2, -0.15) is 0 Å². The molecule has 58 valence electrons. The van der Waals surface area contributed by atoms with Gasteiger partial charge in [-0.15, -0.1) is 0 Å². The SMILES string of the molecule is CC(=O)N1CC2(COC2)C1.[HH]. The van der Waals surface area contributed by atoms with Gasteiger partial charge in [0, 0.05) is 21.4 Å². The van der Waals surface area contributed by atoms with Gasteiger partial charge in [0.05, 0.1) is 18.6 Å². The average molecular weight is 143 g/mol. The van der Waals surface area contributed by atoms with Crippen molar-refractivity contribution in [1.29, 1.82) is 0 Å². The zero-order chi connectivity index (χ0) is 7.19. The average Bonchev–Trinajstić information content (AvgIpc) is 1.54. The van der Waals surface area contributed by atoms with Crippen molar-refractivity contribution in [2.75, 3.05) is 26.3 Å². The van der Waals surface area contributed by atoms with Gasteiger partial charge in [0.1, 0.15) is 0 Å². The van der Waals surface area contributed by atoms with E-state index in [1.165, 1.54) is 0 Å². The molecule has 2 aliphatic heterocycles. The predicted octanol–water partition coefficient (Wildman–Crippen LogP) is 0.111. The van der Waals surface area contributed by atoms with Crippen LogP contribution in [0.2, 0.25) is 0 Å². The summed E-state index contributed by atoms with van der Waals surface area (Å²) in [6.45, 7) is 5.17. The molecule has 1 spiro atoms. The van der Waals surface area contributed by atoms with Crippen molar-refractivity contribution < 1.29 is 11.0 Å². The largest absolute Gasteiger partial charge is 0.380 e. The van der Waals surface area contributed by atoms with Crippen LogP contribution in [0.3, 0.4) is 0 Å².